The molecule has 1 heterocycles. The monoisotopic (exact) mass is 175 g/mol. The van der Waals surface area contributed by atoms with Crippen molar-refractivity contribution in [2.45, 2.75) is 13.0 Å². The van der Waals surface area contributed by atoms with Crippen LogP contribution in [0, 0.1) is 0 Å². The van der Waals surface area contributed by atoms with Gasteiger partial charge in [-0.25, -0.2) is 0 Å². The van der Waals surface area contributed by atoms with Crippen LogP contribution < -0.4 is 5.73 Å². The van der Waals surface area contributed by atoms with Gasteiger partial charge in [-0.2, -0.15) is 5.10 Å². The lowest BCUT2D eigenvalue weighted by molar-refractivity contribution is 0.779. The van der Waals surface area contributed by atoms with Gasteiger partial charge in [-0.1, -0.05) is 12.1 Å². The van der Waals surface area contributed by atoms with E-state index in [9.17, 15) is 0 Å². The Kier molecular flexibility index (Phi) is 1.81. The van der Waals surface area contributed by atoms with Crippen molar-refractivity contribution in [3.05, 3.63) is 30.0 Å². The quantitative estimate of drug-likeness (QED) is 0.715. The predicted molar refractivity (Wildman–Crippen MR) is 53.3 cm³/mol. The molecule has 0 radical (unpaired) electrons. The molecule has 13 heavy (non-hydrogen) atoms. The first kappa shape index (κ1) is 8.26. The summed E-state index contributed by atoms with van der Waals surface area (Å²) in [6.07, 6.45) is 2.01. The summed E-state index contributed by atoms with van der Waals surface area (Å²) >= 11 is 0. The Labute approximate surface area is 77.2 Å². The largest absolute Gasteiger partial charge is 0.324 e. The number of hydrogen-bond donors (Lipinski definition) is 1. The molecule has 0 aliphatic rings. The summed E-state index contributed by atoms with van der Waals surface area (Å²) in [5.41, 5.74) is 8.02. The molecule has 1 aromatic heterocycles. The molecule has 3 nitrogen and oxygen atoms in total. The van der Waals surface area contributed by atoms with Crippen molar-refractivity contribution >= 4 is 10.9 Å². The minimum Gasteiger partial charge on any atom is -0.324 e. The van der Waals surface area contributed by atoms with Crippen LogP contribution in [-0.4, -0.2) is 9.78 Å². The van der Waals surface area contributed by atoms with Crippen molar-refractivity contribution < 1.29 is 0 Å². The smallest absolute Gasteiger partial charge is 0.0926 e. The minimum absolute atomic E-state index is 0.0629. The summed E-state index contributed by atoms with van der Waals surface area (Å²) in [5.74, 6) is 0. The third-order valence-electron chi connectivity index (χ3n) is 2.19. The Morgan fingerprint density at radius 1 is 1.46 bits per heavy atom. The Morgan fingerprint density at radius 2 is 2.23 bits per heavy atom. The molecule has 1 aromatic carbocycles. The fraction of sp³-hybridized carbons (Fsp3) is 0.300. The molecule has 0 unspecified atom stereocenters. The first-order valence-corrected chi connectivity index (χ1v) is 4.36. The van der Waals surface area contributed by atoms with Gasteiger partial charge in [0, 0.05) is 24.7 Å². The second-order valence-corrected chi connectivity index (χ2v) is 3.37. The summed E-state index contributed by atoms with van der Waals surface area (Å²) in [7, 11) is 1.92. The molecule has 0 spiro atoms. The Hall–Kier alpha value is -1.35. The van der Waals surface area contributed by atoms with Gasteiger partial charge in [0.15, 0.2) is 0 Å². The Bertz CT molecular complexity index is 429. The summed E-state index contributed by atoms with van der Waals surface area (Å²) in [4.78, 5) is 0. The van der Waals surface area contributed by atoms with Crippen LogP contribution in [0.25, 0.3) is 10.9 Å². The van der Waals surface area contributed by atoms with Crippen molar-refractivity contribution in [1.82, 2.24) is 9.78 Å². The van der Waals surface area contributed by atoms with Crippen LogP contribution in [-0.2, 0) is 7.05 Å². The van der Waals surface area contributed by atoms with Gasteiger partial charge >= 0.3 is 0 Å². The van der Waals surface area contributed by atoms with Crippen LogP contribution in [0.4, 0.5) is 0 Å². The van der Waals surface area contributed by atoms with Crippen LogP contribution in [0.5, 0.6) is 0 Å². The number of aryl methyl sites for hydroxylation is 1. The average Bonchev–Trinajstić information content (AvgIpc) is 2.43. The number of hydrogen-bond acceptors (Lipinski definition) is 2. The molecular weight excluding hydrogens is 162 g/mol. The molecule has 0 bridgehead atoms. The van der Waals surface area contributed by atoms with E-state index >= 15 is 0 Å². The lowest BCUT2D eigenvalue weighted by atomic mass is 10.1. The second-order valence-electron chi connectivity index (χ2n) is 3.37. The van der Waals surface area contributed by atoms with Gasteiger partial charge in [0.2, 0.25) is 0 Å². The summed E-state index contributed by atoms with van der Waals surface area (Å²) < 4.78 is 1.82. The standard InChI is InChI=1S/C10H13N3/c1-7(11)8-4-3-5-10-9(8)6-13(2)12-10/h3-7H,11H2,1-2H3/t7-/m1/s1. The Morgan fingerprint density at radius 3 is 2.92 bits per heavy atom. The zero-order valence-corrected chi connectivity index (χ0v) is 7.86. The number of fused-ring (bicyclic) bond motifs is 1. The number of rotatable bonds is 1. The van der Waals surface area contributed by atoms with E-state index in [4.69, 9.17) is 5.73 Å². The van der Waals surface area contributed by atoms with E-state index in [1.807, 2.05) is 37.0 Å². The minimum atomic E-state index is 0.0629. The predicted octanol–water partition coefficient (Wildman–Crippen LogP) is 1.59. The van der Waals surface area contributed by atoms with E-state index in [-0.39, 0.29) is 6.04 Å². The molecule has 3 heteroatoms. The lowest BCUT2D eigenvalue weighted by Crippen LogP contribution is -2.04. The topological polar surface area (TPSA) is 43.8 Å². The van der Waals surface area contributed by atoms with E-state index in [0.717, 1.165) is 16.5 Å². The number of aromatic nitrogens is 2. The van der Waals surface area contributed by atoms with E-state index in [1.165, 1.54) is 0 Å². The zero-order chi connectivity index (χ0) is 9.42. The molecule has 2 rings (SSSR count). The van der Waals surface area contributed by atoms with Gasteiger partial charge in [-0.3, -0.25) is 4.68 Å². The number of benzene rings is 1. The molecule has 68 valence electrons. The highest BCUT2D eigenvalue weighted by Crippen LogP contribution is 2.21. The first-order chi connectivity index (χ1) is 6.18. The van der Waals surface area contributed by atoms with Crippen LogP contribution in [0.3, 0.4) is 0 Å². The molecule has 2 N–H and O–H groups in total. The summed E-state index contributed by atoms with van der Waals surface area (Å²) in [6.45, 7) is 1.99. The SMILES string of the molecule is C[C@@H](N)c1cccc2nn(C)cc12. The van der Waals surface area contributed by atoms with Crippen LogP contribution in [0.2, 0.25) is 0 Å². The summed E-state index contributed by atoms with van der Waals surface area (Å²) in [5, 5.41) is 5.47. The fourth-order valence-corrected chi connectivity index (χ4v) is 1.58. The van der Waals surface area contributed by atoms with Crippen molar-refractivity contribution in [1.29, 1.82) is 0 Å². The highest BCUT2D eigenvalue weighted by Gasteiger charge is 2.06. The molecule has 2 aromatic rings. The maximum absolute atomic E-state index is 5.85. The molecule has 0 fully saturated rings. The molecular formula is C10H13N3. The molecule has 0 aliphatic carbocycles. The number of nitrogens with zero attached hydrogens (tertiary/aromatic N) is 2. The van der Waals surface area contributed by atoms with Gasteiger partial charge in [0.05, 0.1) is 5.52 Å². The first-order valence-electron chi connectivity index (χ1n) is 4.36. The Balaban J connectivity index is 2.75. The molecule has 0 aliphatic heterocycles. The fourth-order valence-electron chi connectivity index (χ4n) is 1.58. The summed E-state index contributed by atoms with van der Waals surface area (Å²) in [6, 6.07) is 6.11. The van der Waals surface area contributed by atoms with Gasteiger partial charge in [-0.05, 0) is 18.6 Å². The third-order valence-corrected chi connectivity index (χ3v) is 2.19. The van der Waals surface area contributed by atoms with E-state index in [2.05, 4.69) is 11.2 Å². The van der Waals surface area contributed by atoms with Gasteiger partial charge in [-0.15, -0.1) is 0 Å². The second kappa shape index (κ2) is 2.85. The van der Waals surface area contributed by atoms with Gasteiger partial charge < -0.3 is 5.73 Å². The van der Waals surface area contributed by atoms with E-state index < -0.39 is 0 Å². The molecule has 0 saturated carbocycles. The van der Waals surface area contributed by atoms with Crippen LogP contribution >= 0.6 is 0 Å². The van der Waals surface area contributed by atoms with Gasteiger partial charge in [0.1, 0.15) is 0 Å². The van der Waals surface area contributed by atoms with Crippen LogP contribution in [0.15, 0.2) is 24.4 Å². The third kappa shape index (κ3) is 1.31. The zero-order valence-electron chi connectivity index (χ0n) is 7.86. The van der Waals surface area contributed by atoms with Gasteiger partial charge in [0.25, 0.3) is 0 Å². The molecule has 0 saturated heterocycles. The van der Waals surface area contributed by atoms with Crippen molar-refractivity contribution in [2.24, 2.45) is 12.8 Å². The van der Waals surface area contributed by atoms with Crippen molar-refractivity contribution in [3.8, 4) is 0 Å². The molecule has 0 amide bonds. The van der Waals surface area contributed by atoms with Crippen molar-refractivity contribution in [2.75, 3.05) is 0 Å². The highest BCUT2D eigenvalue weighted by molar-refractivity contribution is 5.82. The maximum Gasteiger partial charge on any atom is 0.0926 e. The highest BCUT2D eigenvalue weighted by atomic mass is 15.2. The average molecular weight is 175 g/mol. The lowest BCUT2D eigenvalue weighted by Gasteiger charge is -2.05. The normalized spacial score (nSPS) is 13.5. The number of nitrogens with two attached hydrogens (primary N) is 1. The van der Waals surface area contributed by atoms with E-state index in [0.29, 0.717) is 0 Å². The van der Waals surface area contributed by atoms with Crippen molar-refractivity contribution in [3.63, 3.8) is 0 Å². The molecule has 1 atom stereocenters. The maximum atomic E-state index is 5.85. The van der Waals surface area contributed by atoms with Crippen LogP contribution in [0.1, 0.15) is 18.5 Å². The van der Waals surface area contributed by atoms with E-state index in [1.54, 1.807) is 0 Å².